The third kappa shape index (κ3) is 3.60. The minimum atomic E-state index is -0.0982. The third-order valence-electron chi connectivity index (χ3n) is 4.13. The Balaban J connectivity index is 2.31. The van der Waals surface area contributed by atoms with Gasteiger partial charge in [-0.05, 0) is 34.3 Å². The Labute approximate surface area is 129 Å². The van der Waals surface area contributed by atoms with Crippen LogP contribution in [0.5, 0.6) is 0 Å². The molecule has 112 valence electrons. The van der Waals surface area contributed by atoms with Gasteiger partial charge in [-0.15, -0.1) is 0 Å². The fraction of sp³-hybridized carbons (Fsp3) is 0.625. The molecule has 1 saturated heterocycles. The van der Waals surface area contributed by atoms with E-state index < -0.39 is 0 Å². The predicted molar refractivity (Wildman–Crippen MR) is 85.4 cm³/mol. The van der Waals surface area contributed by atoms with Gasteiger partial charge in [-0.1, -0.05) is 32.4 Å². The maximum absolute atomic E-state index is 14.5. The van der Waals surface area contributed by atoms with Crippen molar-refractivity contribution in [2.24, 2.45) is 5.92 Å². The fourth-order valence-corrected chi connectivity index (χ4v) is 3.57. The minimum Gasteiger partial charge on any atom is -0.314 e. The second-order valence-electron chi connectivity index (χ2n) is 5.64. The van der Waals surface area contributed by atoms with Crippen LogP contribution in [0, 0.1) is 11.7 Å². The van der Waals surface area contributed by atoms with Crippen LogP contribution < -0.4 is 5.32 Å². The molecule has 1 aromatic carbocycles. The van der Waals surface area contributed by atoms with Crippen LogP contribution in [-0.4, -0.2) is 31.1 Å². The molecule has 1 unspecified atom stereocenters. The first-order valence-electron chi connectivity index (χ1n) is 7.53. The van der Waals surface area contributed by atoms with Crippen molar-refractivity contribution in [3.63, 3.8) is 0 Å². The summed E-state index contributed by atoms with van der Waals surface area (Å²) in [6, 6.07) is 5.84. The Hall–Kier alpha value is -0.450. The van der Waals surface area contributed by atoms with Gasteiger partial charge in [0.05, 0.1) is 4.47 Å². The number of rotatable bonds is 5. The average Bonchev–Trinajstić information content (AvgIpc) is 2.45. The molecular formula is C16H24BrFN2. The first-order chi connectivity index (χ1) is 9.65. The van der Waals surface area contributed by atoms with Crippen molar-refractivity contribution in [1.82, 2.24) is 10.2 Å². The first-order valence-corrected chi connectivity index (χ1v) is 8.33. The highest BCUT2D eigenvalue weighted by molar-refractivity contribution is 9.10. The van der Waals surface area contributed by atoms with Crippen molar-refractivity contribution in [3.8, 4) is 0 Å². The summed E-state index contributed by atoms with van der Waals surface area (Å²) in [6.07, 6.45) is 2.26. The number of halogens is 2. The molecule has 0 saturated carbocycles. The summed E-state index contributed by atoms with van der Waals surface area (Å²) in [4.78, 5) is 2.43. The van der Waals surface area contributed by atoms with Crippen molar-refractivity contribution < 1.29 is 4.39 Å². The van der Waals surface area contributed by atoms with Crippen molar-refractivity contribution in [3.05, 3.63) is 34.1 Å². The number of nitrogens with one attached hydrogen (secondary N) is 1. The molecule has 1 heterocycles. The summed E-state index contributed by atoms with van der Waals surface area (Å²) in [5.74, 6) is 0.362. The van der Waals surface area contributed by atoms with E-state index in [1.54, 1.807) is 6.07 Å². The van der Waals surface area contributed by atoms with Crippen molar-refractivity contribution >= 4 is 15.9 Å². The average molecular weight is 343 g/mol. The largest absolute Gasteiger partial charge is 0.314 e. The number of hydrogen-bond donors (Lipinski definition) is 1. The zero-order valence-corrected chi connectivity index (χ0v) is 13.9. The molecule has 2 rings (SSSR count). The normalized spacial score (nSPS) is 19.8. The van der Waals surface area contributed by atoms with Gasteiger partial charge >= 0.3 is 0 Å². The molecule has 0 bridgehead atoms. The molecule has 1 aliphatic heterocycles. The maximum atomic E-state index is 14.5. The van der Waals surface area contributed by atoms with Gasteiger partial charge < -0.3 is 5.32 Å². The Morgan fingerprint density at radius 3 is 2.70 bits per heavy atom. The molecule has 0 aromatic heterocycles. The monoisotopic (exact) mass is 342 g/mol. The van der Waals surface area contributed by atoms with Crippen LogP contribution in [0.15, 0.2) is 22.7 Å². The van der Waals surface area contributed by atoms with E-state index in [0.29, 0.717) is 10.4 Å². The van der Waals surface area contributed by atoms with E-state index in [1.807, 2.05) is 12.1 Å². The van der Waals surface area contributed by atoms with Gasteiger partial charge in [0, 0.05) is 37.8 Å². The lowest BCUT2D eigenvalue weighted by atomic mass is 9.89. The lowest BCUT2D eigenvalue weighted by molar-refractivity contribution is 0.123. The summed E-state index contributed by atoms with van der Waals surface area (Å²) in [5, 5.41) is 3.37. The lowest BCUT2D eigenvalue weighted by Gasteiger charge is -2.39. The summed E-state index contributed by atoms with van der Waals surface area (Å²) >= 11 is 3.32. The molecule has 2 nitrogen and oxygen atoms in total. The number of nitrogens with zero attached hydrogens (tertiary/aromatic N) is 1. The van der Waals surface area contributed by atoms with E-state index in [1.165, 1.54) is 0 Å². The smallest absolute Gasteiger partial charge is 0.142 e. The molecule has 0 amide bonds. The summed E-state index contributed by atoms with van der Waals surface area (Å²) in [6.45, 7) is 8.41. The van der Waals surface area contributed by atoms with Crippen LogP contribution in [0.4, 0.5) is 4.39 Å². The highest BCUT2D eigenvalue weighted by Crippen LogP contribution is 2.35. The number of benzene rings is 1. The van der Waals surface area contributed by atoms with Crippen LogP contribution in [-0.2, 0) is 0 Å². The fourth-order valence-electron chi connectivity index (χ4n) is 3.19. The van der Waals surface area contributed by atoms with Crippen LogP contribution >= 0.6 is 15.9 Å². The molecule has 4 heteroatoms. The molecular weight excluding hydrogens is 319 g/mol. The predicted octanol–water partition coefficient (Wildman–Crippen LogP) is 3.97. The van der Waals surface area contributed by atoms with E-state index in [0.717, 1.165) is 44.6 Å². The highest BCUT2D eigenvalue weighted by atomic mass is 79.9. The van der Waals surface area contributed by atoms with Crippen molar-refractivity contribution in [2.75, 3.05) is 26.2 Å². The quantitative estimate of drug-likeness (QED) is 0.870. The highest BCUT2D eigenvalue weighted by Gasteiger charge is 2.29. The van der Waals surface area contributed by atoms with Gasteiger partial charge in [-0.3, -0.25) is 4.90 Å². The maximum Gasteiger partial charge on any atom is 0.142 e. The molecule has 0 spiro atoms. The molecule has 20 heavy (non-hydrogen) atoms. The van der Waals surface area contributed by atoms with Crippen LogP contribution in [0.3, 0.4) is 0 Å². The van der Waals surface area contributed by atoms with Crippen molar-refractivity contribution in [2.45, 2.75) is 32.7 Å². The van der Waals surface area contributed by atoms with E-state index in [9.17, 15) is 4.39 Å². The Morgan fingerprint density at radius 2 is 2.05 bits per heavy atom. The summed E-state index contributed by atoms with van der Waals surface area (Å²) < 4.78 is 15.1. The number of hydrogen-bond acceptors (Lipinski definition) is 2. The molecule has 1 aliphatic rings. The van der Waals surface area contributed by atoms with Crippen LogP contribution in [0.1, 0.15) is 38.3 Å². The molecule has 2 atom stereocenters. The second kappa shape index (κ2) is 7.53. The van der Waals surface area contributed by atoms with E-state index in [4.69, 9.17) is 0 Å². The zero-order valence-electron chi connectivity index (χ0n) is 12.3. The Morgan fingerprint density at radius 1 is 1.35 bits per heavy atom. The van der Waals surface area contributed by atoms with Crippen molar-refractivity contribution in [1.29, 1.82) is 0 Å². The van der Waals surface area contributed by atoms with Gasteiger partial charge in [0.15, 0.2) is 0 Å². The van der Waals surface area contributed by atoms with Crippen LogP contribution in [0.2, 0.25) is 0 Å². The molecule has 1 fully saturated rings. The molecule has 1 aromatic rings. The van der Waals surface area contributed by atoms with E-state index >= 15 is 0 Å². The van der Waals surface area contributed by atoms with Gasteiger partial charge in [0.1, 0.15) is 5.82 Å². The molecule has 1 N–H and O–H groups in total. The van der Waals surface area contributed by atoms with E-state index in [-0.39, 0.29) is 11.9 Å². The van der Waals surface area contributed by atoms with Gasteiger partial charge in [0.2, 0.25) is 0 Å². The van der Waals surface area contributed by atoms with Crippen LogP contribution in [0.25, 0.3) is 0 Å². The SMILES string of the molecule is CCCC(C)[C@H](c1cccc(Br)c1F)N1CCNCC1. The summed E-state index contributed by atoms with van der Waals surface area (Å²) in [7, 11) is 0. The van der Waals surface area contributed by atoms with E-state index in [2.05, 4.69) is 40.0 Å². The first kappa shape index (κ1) is 15.9. The van der Waals surface area contributed by atoms with Gasteiger partial charge in [-0.2, -0.15) is 0 Å². The van der Waals surface area contributed by atoms with Gasteiger partial charge in [-0.25, -0.2) is 4.39 Å². The minimum absolute atomic E-state index is 0.0982. The van der Waals surface area contributed by atoms with Gasteiger partial charge in [0.25, 0.3) is 0 Å². The Kier molecular flexibility index (Phi) is 6.00. The standard InChI is InChI=1S/C16H24BrFN2/c1-3-5-12(2)16(20-10-8-19-9-11-20)13-6-4-7-14(17)15(13)18/h4,6-7,12,16,19H,3,5,8-11H2,1-2H3/t12?,16-/m1/s1. The molecule has 0 aliphatic carbocycles. The topological polar surface area (TPSA) is 15.3 Å². The summed E-state index contributed by atoms with van der Waals surface area (Å²) in [5.41, 5.74) is 0.835. The zero-order chi connectivity index (χ0) is 14.5. The lowest BCUT2D eigenvalue weighted by Crippen LogP contribution is -2.46. The second-order valence-corrected chi connectivity index (χ2v) is 6.49. The third-order valence-corrected chi connectivity index (χ3v) is 4.74. The Bertz CT molecular complexity index is 432. The number of piperazine rings is 1. The molecule has 0 radical (unpaired) electrons.